The highest BCUT2D eigenvalue weighted by atomic mass is 15.3. The number of nitrogens with one attached hydrogen (secondary N) is 1. The predicted octanol–water partition coefficient (Wildman–Crippen LogP) is 0.825. The van der Waals surface area contributed by atoms with Crippen LogP contribution in [0, 0.1) is 5.41 Å². The number of rotatable bonds is 3. The summed E-state index contributed by atoms with van der Waals surface area (Å²) in [5.74, 6) is 0.748. The molecule has 20 heavy (non-hydrogen) atoms. The van der Waals surface area contributed by atoms with Gasteiger partial charge in [0.15, 0.2) is 5.82 Å². The Morgan fingerprint density at radius 1 is 1.10 bits per heavy atom. The van der Waals surface area contributed by atoms with E-state index in [2.05, 4.69) is 19.8 Å². The van der Waals surface area contributed by atoms with Crippen molar-refractivity contribution in [3.8, 4) is 0 Å². The molecular formula is C14H22N6. The Hall–Kier alpha value is -1.69. The molecule has 6 heteroatoms. The monoisotopic (exact) mass is 274 g/mol. The lowest BCUT2D eigenvalue weighted by Crippen LogP contribution is -2.50. The third-order valence-electron chi connectivity index (χ3n) is 4.39. The Kier molecular flexibility index (Phi) is 3.82. The van der Waals surface area contributed by atoms with Gasteiger partial charge in [-0.25, -0.2) is 9.97 Å². The maximum Gasteiger partial charge on any atom is 0.158 e. The summed E-state index contributed by atoms with van der Waals surface area (Å²) in [6.45, 7) is 4.02. The molecule has 3 N–H and O–H groups in total. The van der Waals surface area contributed by atoms with Gasteiger partial charge in [0.05, 0.1) is 0 Å². The molecule has 0 unspecified atom stereocenters. The summed E-state index contributed by atoms with van der Waals surface area (Å²) in [4.78, 5) is 13.4. The van der Waals surface area contributed by atoms with E-state index < -0.39 is 0 Å². The molecule has 0 amide bonds. The molecule has 0 bridgehead atoms. The van der Waals surface area contributed by atoms with Crippen molar-refractivity contribution in [3.63, 3.8) is 0 Å². The summed E-state index contributed by atoms with van der Waals surface area (Å²) in [5, 5.41) is 7.61. The molecule has 1 aliphatic carbocycles. The lowest BCUT2D eigenvalue weighted by atomic mass is 10.1. The van der Waals surface area contributed by atoms with E-state index in [0.717, 1.165) is 38.0 Å². The van der Waals surface area contributed by atoms with Crippen molar-refractivity contribution in [1.29, 1.82) is 5.41 Å². The molecule has 3 rings (SSSR count). The molecule has 2 fully saturated rings. The highest BCUT2D eigenvalue weighted by Gasteiger charge is 2.27. The van der Waals surface area contributed by atoms with Crippen LogP contribution in [-0.2, 0) is 0 Å². The second kappa shape index (κ2) is 5.75. The van der Waals surface area contributed by atoms with Crippen LogP contribution in [0.4, 0.5) is 5.82 Å². The zero-order chi connectivity index (χ0) is 13.9. The van der Waals surface area contributed by atoms with Gasteiger partial charge in [0.2, 0.25) is 0 Å². The van der Waals surface area contributed by atoms with Gasteiger partial charge in [0.25, 0.3) is 0 Å². The Morgan fingerprint density at radius 3 is 2.40 bits per heavy atom. The van der Waals surface area contributed by atoms with Crippen LogP contribution >= 0.6 is 0 Å². The molecule has 1 aromatic heterocycles. The average molecular weight is 274 g/mol. The van der Waals surface area contributed by atoms with Gasteiger partial charge < -0.3 is 10.6 Å². The third kappa shape index (κ3) is 2.60. The molecule has 108 valence electrons. The van der Waals surface area contributed by atoms with Crippen molar-refractivity contribution in [2.45, 2.75) is 31.7 Å². The number of nitrogens with zero attached hydrogens (tertiary/aromatic N) is 4. The lowest BCUT2D eigenvalue weighted by molar-refractivity contribution is 0.187. The van der Waals surface area contributed by atoms with E-state index in [0.29, 0.717) is 5.69 Å². The number of hydrogen-bond acceptors (Lipinski definition) is 5. The highest BCUT2D eigenvalue weighted by molar-refractivity contribution is 5.97. The Morgan fingerprint density at radius 2 is 1.75 bits per heavy atom. The molecule has 0 spiro atoms. The number of amidine groups is 1. The number of anilines is 1. The normalized spacial score (nSPS) is 21.3. The van der Waals surface area contributed by atoms with Crippen LogP contribution in [0.15, 0.2) is 12.4 Å². The van der Waals surface area contributed by atoms with Crippen molar-refractivity contribution in [1.82, 2.24) is 14.9 Å². The Bertz CT molecular complexity index is 474. The minimum absolute atomic E-state index is 0.00803. The SMILES string of the molecule is N=C(N)c1nccnc1N1CCN(C2CCCC2)CC1. The molecule has 2 heterocycles. The Balaban J connectivity index is 1.67. The van der Waals surface area contributed by atoms with Gasteiger partial charge >= 0.3 is 0 Å². The fraction of sp³-hybridized carbons (Fsp3) is 0.643. The molecule has 0 atom stereocenters. The minimum Gasteiger partial charge on any atom is -0.382 e. The second-order valence-corrected chi connectivity index (χ2v) is 5.60. The largest absolute Gasteiger partial charge is 0.382 e. The first-order valence-corrected chi connectivity index (χ1v) is 7.40. The van der Waals surface area contributed by atoms with Gasteiger partial charge in [-0.3, -0.25) is 10.3 Å². The number of piperazine rings is 1. The van der Waals surface area contributed by atoms with E-state index in [9.17, 15) is 0 Å². The van der Waals surface area contributed by atoms with Gasteiger partial charge in [0, 0.05) is 44.6 Å². The summed E-state index contributed by atoms with van der Waals surface area (Å²) in [5.41, 5.74) is 6.09. The first-order chi connectivity index (χ1) is 9.75. The van der Waals surface area contributed by atoms with Crippen LogP contribution in [0.1, 0.15) is 31.4 Å². The first kappa shape index (κ1) is 13.3. The fourth-order valence-corrected chi connectivity index (χ4v) is 3.32. The number of nitrogens with two attached hydrogens (primary N) is 1. The maximum atomic E-state index is 7.61. The molecule has 1 saturated heterocycles. The topological polar surface area (TPSA) is 82.1 Å². The van der Waals surface area contributed by atoms with Gasteiger partial charge in [0.1, 0.15) is 11.5 Å². The van der Waals surface area contributed by atoms with Crippen LogP contribution in [-0.4, -0.2) is 52.9 Å². The van der Waals surface area contributed by atoms with Gasteiger partial charge in [-0.15, -0.1) is 0 Å². The van der Waals surface area contributed by atoms with Crippen molar-refractivity contribution in [3.05, 3.63) is 18.1 Å². The lowest BCUT2D eigenvalue weighted by Gasteiger charge is -2.38. The van der Waals surface area contributed by atoms with Gasteiger partial charge in [-0.1, -0.05) is 12.8 Å². The molecule has 6 nitrogen and oxygen atoms in total. The second-order valence-electron chi connectivity index (χ2n) is 5.60. The van der Waals surface area contributed by atoms with Crippen LogP contribution in [0.5, 0.6) is 0 Å². The quantitative estimate of drug-likeness (QED) is 0.630. The fourth-order valence-electron chi connectivity index (χ4n) is 3.32. The third-order valence-corrected chi connectivity index (χ3v) is 4.39. The number of hydrogen-bond donors (Lipinski definition) is 2. The molecule has 0 aromatic carbocycles. The summed E-state index contributed by atoms with van der Waals surface area (Å²) >= 11 is 0. The zero-order valence-electron chi connectivity index (χ0n) is 11.8. The molecule has 1 aromatic rings. The molecular weight excluding hydrogens is 252 g/mol. The van der Waals surface area contributed by atoms with Crippen molar-refractivity contribution < 1.29 is 0 Å². The van der Waals surface area contributed by atoms with E-state index in [-0.39, 0.29) is 5.84 Å². The van der Waals surface area contributed by atoms with Crippen LogP contribution in [0.25, 0.3) is 0 Å². The van der Waals surface area contributed by atoms with Crippen molar-refractivity contribution >= 4 is 11.7 Å². The summed E-state index contributed by atoms with van der Waals surface area (Å²) in [7, 11) is 0. The number of aromatic nitrogens is 2. The summed E-state index contributed by atoms with van der Waals surface area (Å²) in [6.07, 6.45) is 8.72. The Labute approximate surface area is 119 Å². The van der Waals surface area contributed by atoms with Gasteiger partial charge in [-0.05, 0) is 12.8 Å². The molecule has 0 radical (unpaired) electrons. The zero-order valence-corrected chi connectivity index (χ0v) is 11.8. The van der Waals surface area contributed by atoms with Crippen molar-refractivity contribution in [2.75, 3.05) is 31.1 Å². The highest BCUT2D eigenvalue weighted by Crippen LogP contribution is 2.25. The summed E-state index contributed by atoms with van der Waals surface area (Å²) in [6, 6.07) is 0.784. The van der Waals surface area contributed by atoms with Crippen LogP contribution in [0.2, 0.25) is 0 Å². The van der Waals surface area contributed by atoms with Crippen molar-refractivity contribution in [2.24, 2.45) is 5.73 Å². The minimum atomic E-state index is -0.00803. The standard InChI is InChI=1S/C14H22N6/c15-13(16)12-14(18-6-5-17-12)20-9-7-19(8-10-20)11-3-1-2-4-11/h5-6,11H,1-4,7-10H2,(H3,15,16). The van der Waals surface area contributed by atoms with Crippen LogP contribution in [0.3, 0.4) is 0 Å². The predicted molar refractivity (Wildman–Crippen MR) is 79.1 cm³/mol. The summed E-state index contributed by atoms with van der Waals surface area (Å²) < 4.78 is 0. The molecule has 1 saturated carbocycles. The van der Waals surface area contributed by atoms with Gasteiger partial charge in [-0.2, -0.15) is 0 Å². The number of nitrogen functional groups attached to an aromatic ring is 1. The maximum absolute atomic E-state index is 7.61. The smallest absolute Gasteiger partial charge is 0.158 e. The van der Waals surface area contributed by atoms with Crippen LogP contribution < -0.4 is 10.6 Å². The van der Waals surface area contributed by atoms with E-state index >= 15 is 0 Å². The first-order valence-electron chi connectivity index (χ1n) is 7.40. The average Bonchev–Trinajstić information content (AvgIpc) is 3.02. The molecule has 2 aliphatic rings. The van der Waals surface area contributed by atoms with E-state index in [4.69, 9.17) is 11.1 Å². The molecule has 1 aliphatic heterocycles. The van der Waals surface area contributed by atoms with E-state index in [1.807, 2.05) is 0 Å². The van der Waals surface area contributed by atoms with E-state index in [1.165, 1.54) is 25.7 Å². The van der Waals surface area contributed by atoms with E-state index in [1.54, 1.807) is 12.4 Å².